The minimum absolute atomic E-state index is 0.0404. The summed E-state index contributed by atoms with van der Waals surface area (Å²) in [5.74, 6) is 1.80. The number of carbonyl (C=O) groups excluding carboxylic acids is 1. The van der Waals surface area contributed by atoms with Crippen LogP contribution in [-0.4, -0.2) is 33.1 Å². The molecule has 0 spiro atoms. The molecule has 0 radical (unpaired) electrons. The molecule has 7 heteroatoms. The van der Waals surface area contributed by atoms with Crippen LogP contribution in [0.2, 0.25) is 0 Å². The Morgan fingerprint density at radius 1 is 1.42 bits per heavy atom. The number of hydrogen-bond acceptors (Lipinski definition) is 4. The molecule has 0 fully saturated rings. The quantitative estimate of drug-likeness (QED) is 0.836. The summed E-state index contributed by atoms with van der Waals surface area (Å²) in [4.78, 5) is 17.9. The number of thioether (sulfide) groups is 1. The lowest BCUT2D eigenvalue weighted by atomic mass is 10.1. The molecule has 1 aliphatic rings. The zero-order valence-electron chi connectivity index (χ0n) is 14.2. The van der Waals surface area contributed by atoms with Gasteiger partial charge in [-0.3, -0.25) is 0 Å². The number of carbonyl (C=O) groups is 1. The minimum Gasteiger partial charge on any atom is -0.334 e. The summed E-state index contributed by atoms with van der Waals surface area (Å²) >= 11 is 1.69. The van der Waals surface area contributed by atoms with Crippen molar-refractivity contribution in [2.45, 2.75) is 50.2 Å². The Kier molecular flexibility index (Phi) is 5.08. The van der Waals surface area contributed by atoms with E-state index in [1.165, 1.54) is 4.90 Å². The van der Waals surface area contributed by atoms with Crippen molar-refractivity contribution in [2.75, 3.05) is 6.26 Å². The van der Waals surface area contributed by atoms with Crippen molar-refractivity contribution in [3.63, 3.8) is 0 Å². The molecule has 2 heterocycles. The Hall–Kier alpha value is -2.02. The molecule has 2 aromatic rings. The van der Waals surface area contributed by atoms with Crippen LogP contribution in [0.25, 0.3) is 0 Å². The largest absolute Gasteiger partial charge is 0.334 e. The molecule has 2 N–H and O–H groups in total. The van der Waals surface area contributed by atoms with Crippen molar-refractivity contribution >= 4 is 17.8 Å². The number of urea groups is 1. The van der Waals surface area contributed by atoms with Gasteiger partial charge in [0.15, 0.2) is 0 Å². The Morgan fingerprint density at radius 2 is 2.21 bits per heavy atom. The molecular weight excluding hydrogens is 322 g/mol. The maximum Gasteiger partial charge on any atom is 0.315 e. The first-order valence-corrected chi connectivity index (χ1v) is 9.39. The molecule has 24 heavy (non-hydrogen) atoms. The maximum atomic E-state index is 12.3. The van der Waals surface area contributed by atoms with Gasteiger partial charge in [-0.1, -0.05) is 18.2 Å². The van der Waals surface area contributed by atoms with Crippen molar-refractivity contribution in [2.24, 2.45) is 0 Å². The SMILES string of the molecule is CSc1ccccc1[C@@H](C)NC(=O)N[C@H]1CCc2nc(C)nn2C1. The fraction of sp³-hybridized carbons (Fsp3) is 0.471. The minimum atomic E-state index is -0.135. The summed E-state index contributed by atoms with van der Waals surface area (Å²) in [7, 11) is 0. The molecule has 0 aliphatic carbocycles. The Morgan fingerprint density at radius 3 is 3.00 bits per heavy atom. The summed E-state index contributed by atoms with van der Waals surface area (Å²) in [6.07, 6.45) is 3.78. The van der Waals surface area contributed by atoms with Gasteiger partial charge in [-0.25, -0.2) is 14.5 Å². The average Bonchev–Trinajstić information content (AvgIpc) is 2.93. The van der Waals surface area contributed by atoms with E-state index in [0.29, 0.717) is 6.54 Å². The van der Waals surface area contributed by atoms with Crippen molar-refractivity contribution in [3.05, 3.63) is 41.5 Å². The summed E-state index contributed by atoms with van der Waals surface area (Å²) in [6.45, 7) is 4.58. The number of hydrogen-bond donors (Lipinski definition) is 2. The predicted molar refractivity (Wildman–Crippen MR) is 95.2 cm³/mol. The van der Waals surface area contributed by atoms with Gasteiger partial charge in [-0.05, 0) is 38.2 Å². The number of rotatable bonds is 4. The van der Waals surface area contributed by atoms with Crippen LogP contribution < -0.4 is 10.6 Å². The molecule has 0 bridgehead atoms. The molecular formula is C17H23N5OS. The second kappa shape index (κ2) is 7.25. The van der Waals surface area contributed by atoms with E-state index in [1.807, 2.05) is 36.9 Å². The third kappa shape index (κ3) is 3.72. The summed E-state index contributed by atoms with van der Waals surface area (Å²) in [6, 6.07) is 8.06. The van der Waals surface area contributed by atoms with Gasteiger partial charge in [0, 0.05) is 11.3 Å². The number of benzene rings is 1. The first-order valence-electron chi connectivity index (χ1n) is 8.17. The monoisotopic (exact) mass is 345 g/mol. The number of nitrogens with zero attached hydrogens (tertiary/aromatic N) is 3. The second-order valence-corrected chi connectivity index (χ2v) is 6.92. The van der Waals surface area contributed by atoms with Gasteiger partial charge in [0.25, 0.3) is 0 Å². The first-order chi connectivity index (χ1) is 11.6. The lowest BCUT2D eigenvalue weighted by molar-refractivity contribution is 0.228. The van der Waals surface area contributed by atoms with Gasteiger partial charge in [-0.2, -0.15) is 5.10 Å². The molecule has 3 rings (SSSR count). The summed E-state index contributed by atoms with van der Waals surface area (Å²) in [5, 5.41) is 10.5. The third-order valence-electron chi connectivity index (χ3n) is 4.25. The van der Waals surface area contributed by atoms with E-state index in [4.69, 9.17) is 0 Å². The molecule has 0 saturated carbocycles. The Labute approximate surface area is 146 Å². The van der Waals surface area contributed by atoms with Gasteiger partial charge < -0.3 is 10.6 Å². The zero-order valence-corrected chi connectivity index (χ0v) is 15.1. The summed E-state index contributed by atoms with van der Waals surface area (Å²) in [5.41, 5.74) is 1.14. The van der Waals surface area contributed by atoms with E-state index in [1.54, 1.807) is 11.8 Å². The number of nitrogens with one attached hydrogen (secondary N) is 2. The molecule has 1 aromatic carbocycles. The molecule has 2 amide bonds. The van der Waals surface area contributed by atoms with Crippen LogP contribution in [0.15, 0.2) is 29.2 Å². The van der Waals surface area contributed by atoms with Crippen LogP contribution in [0.4, 0.5) is 4.79 Å². The van der Waals surface area contributed by atoms with E-state index in [2.05, 4.69) is 32.8 Å². The van der Waals surface area contributed by atoms with Crippen LogP contribution in [0.1, 0.15) is 36.6 Å². The van der Waals surface area contributed by atoms with Gasteiger partial charge in [-0.15, -0.1) is 11.8 Å². The maximum absolute atomic E-state index is 12.3. The van der Waals surface area contributed by atoms with E-state index in [-0.39, 0.29) is 18.1 Å². The van der Waals surface area contributed by atoms with E-state index < -0.39 is 0 Å². The Balaban J connectivity index is 1.58. The fourth-order valence-electron chi connectivity index (χ4n) is 3.08. The lowest BCUT2D eigenvalue weighted by Crippen LogP contribution is -2.46. The number of aromatic nitrogens is 3. The topological polar surface area (TPSA) is 71.8 Å². The first kappa shape index (κ1) is 16.8. The van der Waals surface area contributed by atoms with E-state index in [9.17, 15) is 4.79 Å². The highest BCUT2D eigenvalue weighted by Crippen LogP contribution is 2.25. The van der Waals surface area contributed by atoms with Crippen molar-refractivity contribution in [3.8, 4) is 0 Å². The van der Waals surface area contributed by atoms with Gasteiger partial charge in [0.05, 0.1) is 18.6 Å². The Bertz CT molecular complexity index is 730. The number of aryl methyl sites for hydroxylation is 2. The van der Waals surface area contributed by atoms with Gasteiger partial charge in [0.1, 0.15) is 11.6 Å². The van der Waals surface area contributed by atoms with Crippen molar-refractivity contribution in [1.29, 1.82) is 0 Å². The molecule has 1 aliphatic heterocycles. The second-order valence-electron chi connectivity index (χ2n) is 6.07. The van der Waals surface area contributed by atoms with Crippen molar-refractivity contribution < 1.29 is 4.79 Å². The number of amides is 2. The average molecular weight is 345 g/mol. The third-order valence-corrected chi connectivity index (χ3v) is 5.06. The number of fused-ring (bicyclic) bond motifs is 1. The van der Waals surface area contributed by atoms with Gasteiger partial charge >= 0.3 is 6.03 Å². The molecule has 0 saturated heterocycles. The van der Waals surface area contributed by atoms with Crippen LogP contribution in [0, 0.1) is 6.92 Å². The standard InChI is InChI=1S/C17H23N5OS/c1-11(14-6-4-5-7-15(14)24-3)18-17(23)20-13-8-9-16-19-12(2)21-22(16)10-13/h4-7,11,13H,8-10H2,1-3H3,(H2,18,20,23)/t11-,13+/m1/s1. The zero-order chi connectivity index (χ0) is 17.1. The highest BCUT2D eigenvalue weighted by atomic mass is 32.2. The predicted octanol–water partition coefficient (Wildman–Crippen LogP) is 2.68. The fourth-order valence-corrected chi connectivity index (χ4v) is 3.77. The van der Waals surface area contributed by atoms with Gasteiger partial charge in [0.2, 0.25) is 0 Å². The molecule has 2 atom stereocenters. The molecule has 1 aromatic heterocycles. The highest BCUT2D eigenvalue weighted by Gasteiger charge is 2.23. The smallest absolute Gasteiger partial charge is 0.315 e. The molecule has 128 valence electrons. The highest BCUT2D eigenvalue weighted by molar-refractivity contribution is 7.98. The normalized spacial score (nSPS) is 17.9. The lowest BCUT2D eigenvalue weighted by Gasteiger charge is -2.25. The van der Waals surface area contributed by atoms with Crippen LogP contribution >= 0.6 is 11.8 Å². The van der Waals surface area contributed by atoms with E-state index in [0.717, 1.165) is 30.1 Å². The van der Waals surface area contributed by atoms with E-state index >= 15 is 0 Å². The van der Waals surface area contributed by atoms with Crippen LogP contribution in [-0.2, 0) is 13.0 Å². The van der Waals surface area contributed by atoms with Crippen molar-refractivity contribution in [1.82, 2.24) is 25.4 Å². The summed E-state index contributed by atoms with van der Waals surface area (Å²) < 4.78 is 1.90. The molecule has 6 nitrogen and oxygen atoms in total. The van der Waals surface area contributed by atoms with Crippen LogP contribution in [0.5, 0.6) is 0 Å². The molecule has 0 unspecified atom stereocenters. The van der Waals surface area contributed by atoms with Crippen LogP contribution in [0.3, 0.4) is 0 Å².